The van der Waals surface area contributed by atoms with E-state index in [2.05, 4.69) is 28.5 Å². The van der Waals surface area contributed by atoms with Crippen molar-refractivity contribution in [3.05, 3.63) is 34.7 Å². The van der Waals surface area contributed by atoms with E-state index in [0.717, 1.165) is 24.1 Å². The molecule has 1 saturated heterocycles. The second-order valence-electron chi connectivity index (χ2n) is 7.79. The van der Waals surface area contributed by atoms with E-state index in [1.165, 1.54) is 39.6 Å². The van der Waals surface area contributed by atoms with Crippen LogP contribution in [0.4, 0.5) is 5.13 Å². The maximum Gasteiger partial charge on any atom is 0.229 e. The molecule has 0 radical (unpaired) electrons. The SMILES string of the molecule is CCS(=O)(=O)N1CCC(C(=O)Nc2nc(-c3ccc4c(c3)CCCC4)cs2)CC1. The van der Waals surface area contributed by atoms with Crippen LogP contribution in [0.1, 0.15) is 43.7 Å². The van der Waals surface area contributed by atoms with Crippen molar-refractivity contribution in [2.24, 2.45) is 5.92 Å². The lowest BCUT2D eigenvalue weighted by molar-refractivity contribution is -0.120. The van der Waals surface area contributed by atoms with E-state index in [1.807, 2.05) is 5.38 Å². The van der Waals surface area contributed by atoms with Crippen LogP contribution in [0, 0.1) is 5.92 Å². The summed E-state index contributed by atoms with van der Waals surface area (Å²) >= 11 is 1.43. The van der Waals surface area contributed by atoms with Gasteiger partial charge >= 0.3 is 0 Å². The van der Waals surface area contributed by atoms with E-state index in [-0.39, 0.29) is 17.6 Å². The third-order valence-electron chi connectivity index (χ3n) is 5.96. The highest BCUT2D eigenvalue weighted by Gasteiger charge is 2.30. The highest BCUT2D eigenvalue weighted by molar-refractivity contribution is 7.89. The molecular formula is C21H27N3O3S2. The Morgan fingerprint density at radius 3 is 2.66 bits per heavy atom. The summed E-state index contributed by atoms with van der Waals surface area (Å²) in [5, 5.41) is 5.52. The third-order valence-corrected chi connectivity index (χ3v) is 8.60. The Hall–Kier alpha value is -1.77. The molecule has 1 aromatic heterocycles. The monoisotopic (exact) mass is 433 g/mol. The van der Waals surface area contributed by atoms with Gasteiger partial charge in [0.15, 0.2) is 5.13 Å². The molecule has 29 heavy (non-hydrogen) atoms. The van der Waals surface area contributed by atoms with Gasteiger partial charge in [0, 0.05) is 30.0 Å². The molecule has 0 saturated carbocycles. The van der Waals surface area contributed by atoms with E-state index in [0.29, 0.717) is 31.1 Å². The second kappa shape index (κ2) is 8.53. The average molecular weight is 434 g/mol. The van der Waals surface area contributed by atoms with Gasteiger partial charge in [-0.05, 0) is 62.6 Å². The Balaban J connectivity index is 1.38. The average Bonchev–Trinajstić information content (AvgIpc) is 3.22. The molecule has 1 N–H and O–H groups in total. The number of nitrogens with zero attached hydrogens (tertiary/aromatic N) is 2. The molecular weight excluding hydrogens is 406 g/mol. The summed E-state index contributed by atoms with van der Waals surface area (Å²) in [6, 6.07) is 6.56. The van der Waals surface area contributed by atoms with Gasteiger partial charge in [0.2, 0.25) is 15.9 Å². The molecule has 1 aliphatic carbocycles. The lowest BCUT2D eigenvalue weighted by Crippen LogP contribution is -2.42. The summed E-state index contributed by atoms with van der Waals surface area (Å²) in [5.74, 6) is -0.131. The number of hydrogen-bond acceptors (Lipinski definition) is 5. The van der Waals surface area contributed by atoms with E-state index >= 15 is 0 Å². The minimum atomic E-state index is -3.17. The van der Waals surface area contributed by atoms with Crippen LogP contribution >= 0.6 is 11.3 Å². The van der Waals surface area contributed by atoms with Crippen LogP contribution in [0.15, 0.2) is 23.6 Å². The minimum absolute atomic E-state index is 0.0649. The zero-order chi connectivity index (χ0) is 20.4. The van der Waals surface area contributed by atoms with Gasteiger partial charge in [0.05, 0.1) is 11.4 Å². The maximum absolute atomic E-state index is 12.6. The summed E-state index contributed by atoms with van der Waals surface area (Å²) in [5.41, 5.74) is 4.85. The van der Waals surface area contributed by atoms with Crippen molar-refractivity contribution in [2.75, 3.05) is 24.2 Å². The van der Waals surface area contributed by atoms with Crippen LogP contribution in [0.5, 0.6) is 0 Å². The Kier molecular flexibility index (Phi) is 6.03. The smallest absolute Gasteiger partial charge is 0.229 e. The normalized spacial score (nSPS) is 18.4. The van der Waals surface area contributed by atoms with Crippen LogP contribution < -0.4 is 5.32 Å². The number of carbonyl (C=O) groups excluding carboxylic acids is 1. The second-order valence-corrected chi connectivity index (χ2v) is 10.9. The molecule has 1 fully saturated rings. The molecule has 6 nitrogen and oxygen atoms in total. The predicted octanol–water partition coefficient (Wildman–Crippen LogP) is 3.69. The number of benzene rings is 1. The first-order chi connectivity index (χ1) is 14.0. The van der Waals surface area contributed by atoms with Gasteiger partial charge in [-0.15, -0.1) is 11.3 Å². The van der Waals surface area contributed by atoms with E-state index in [9.17, 15) is 13.2 Å². The number of carbonyl (C=O) groups is 1. The standard InChI is InChI=1S/C21H27N3O3S2/c1-2-29(26,27)24-11-9-16(10-12-24)20(25)23-21-22-19(14-28-21)18-8-7-15-5-3-4-6-17(15)13-18/h7-8,13-14,16H,2-6,9-12H2,1H3,(H,22,23,25). The molecule has 0 bridgehead atoms. The van der Waals surface area contributed by atoms with Crippen LogP contribution in [-0.2, 0) is 27.7 Å². The topological polar surface area (TPSA) is 79.4 Å². The number of hydrogen-bond donors (Lipinski definition) is 1. The predicted molar refractivity (Wildman–Crippen MR) is 117 cm³/mol. The molecule has 0 atom stereocenters. The lowest BCUT2D eigenvalue weighted by Gasteiger charge is -2.30. The summed E-state index contributed by atoms with van der Waals surface area (Å²) in [4.78, 5) is 17.2. The van der Waals surface area contributed by atoms with Crippen molar-refractivity contribution < 1.29 is 13.2 Å². The first kappa shape index (κ1) is 20.5. The lowest BCUT2D eigenvalue weighted by atomic mass is 9.90. The molecule has 0 spiro atoms. The third kappa shape index (κ3) is 4.54. The van der Waals surface area contributed by atoms with E-state index in [4.69, 9.17) is 0 Å². The molecule has 0 unspecified atom stereocenters. The quantitative estimate of drug-likeness (QED) is 0.780. The molecule has 4 rings (SSSR count). The first-order valence-corrected chi connectivity index (χ1v) is 12.8. The van der Waals surface area contributed by atoms with Crippen molar-refractivity contribution >= 4 is 32.4 Å². The molecule has 8 heteroatoms. The zero-order valence-electron chi connectivity index (χ0n) is 16.7. The molecule has 2 aliphatic rings. The number of aryl methyl sites for hydroxylation is 2. The number of thiazole rings is 1. The Morgan fingerprint density at radius 1 is 1.21 bits per heavy atom. The fraction of sp³-hybridized carbons (Fsp3) is 0.524. The fourth-order valence-corrected chi connectivity index (χ4v) is 6.00. The highest BCUT2D eigenvalue weighted by atomic mass is 32.2. The highest BCUT2D eigenvalue weighted by Crippen LogP contribution is 2.30. The number of aromatic nitrogens is 1. The number of sulfonamides is 1. The molecule has 1 aromatic carbocycles. The Bertz CT molecular complexity index is 992. The summed E-state index contributed by atoms with van der Waals surface area (Å²) < 4.78 is 25.4. The van der Waals surface area contributed by atoms with Gasteiger partial charge in [-0.2, -0.15) is 0 Å². The van der Waals surface area contributed by atoms with Gasteiger partial charge in [-0.1, -0.05) is 12.1 Å². The van der Waals surface area contributed by atoms with Crippen molar-refractivity contribution in [2.45, 2.75) is 45.4 Å². The largest absolute Gasteiger partial charge is 0.302 e. The molecule has 2 aromatic rings. The van der Waals surface area contributed by atoms with Gasteiger partial charge in [0.25, 0.3) is 0 Å². The number of piperidine rings is 1. The number of nitrogens with one attached hydrogen (secondary N) is 1. The summed E-state index contributed by atoms with van der Waals surface area (Å²) in [6.45, 7) is 2.47. The van der Waals surface area contributed by atoms with Gasteiger partial charge in [-0.25, -0.2) is 17.7 Å². The van der Waals surface area contributed by atoms with Gasteiger partial charge in [0.1, 0.15) is 0 Å². The summed E-state index contributed by atoms with van der Waals surface area (Å²) in [7, 11) is -3.17. The maximum atomic E-state index is 12.6. The van der Waals surface area contributed by atoms with Crippen LogP contribution in [0.3, 0.4) is 0 Å². The van der Waals surface area contributed by atoms with Gasteiger partial charge < -0.3 is 5.32 Å². The van der Waals surface area contributed by atoms with Crippen molar-refractivity contribution in [1.29, 1.82) is 0 Å². The van der Waals surface area contributed by atoms with E-state index < -0.39 is 10.0 Å². The zero-order valence-corrected chi connectivity index (χ0v) is 18.3. The van der Waals surface area contributed by atoms with Crippen LogP contribution in [0.2, 0.25) is 0 Å². The number of amides is 1. The molecule has 156 valence electrons. The first-order valence-electron chi connectivity index (χ1n) is 10.3. The van der Waals surface area contributed by atoms with E-state index in [1.54, 1.807) is 6.92 Å². The Morgan fingerprint density at radius 2 is 1.93 bits per heavy atom. The molecule has 2 heterocycles. The van der Waals surface area contributed by atoms with Crippen LogP contribution in [-0.4, -0.2) is 42.5 Å². The van der Waals surface area contributed by atoms with Crippen molar-refractivity contribution in [3.8, 4) is 11.3 Å². The number of anilines is 1. The fourth-order valence-electron chi connectivity index (χ4n) is 4.14. The summed E-state index contributed by atoms with van der Waals surface area (Å²) in [6.07, 6.45) is 5.90. The number of rotatable bonds is 5. The van der Waals surface area contributed by atoms with Crippen LogP contribution in [0.25, 0.3) is 11.3 Å². The minimum Gasteiger partial charge on any atom is -0.302 e. The van der Waals surface area contributed by atoms with Gasteiger partial charge in [-0.3, -0.25) is 4.79 Å². The van der Waals surface area contributed by atoms with Crippen molar-refractivity contribution in [3.63, 3.8) is 0 Å². The molecule has 1 aliphatic heterocycles. The number of fused-ring (bicyclic) bond motifs is 1. The Labute approximate surface area is 176 Å². The van der Waals surface area contributed by atoms with Crippen molar-refractivity contribution in [1.82, 2.24) is 9.29 Å². The molecule has 1 amide bonds.